The van der Waals surface area contributed by atoms with Gasteiger partial charge in [0.25, 0.3) is 11.8 Å². The van der Waals surface area contributed by atoms with Crippen molar-refractivity contribution in [2.45, 2.75) is 40.5 Å². The zero-order valence-electron chi connectivity index (χ0n) is 19.8. The Morgan fingerprint density at radius 2 is 1.68 bits per heavy atom. The fourth-order valence-electron chi connectivity index (χ4n) is 4.18. The number of amides is 2. The first-order valence-electron chi connectivity index (χ1n) is 11.1. The first-order chi connectivity index (χ1) is 16.1. The average Bonchev–Trinajstić information content (AvgIpc) is 3.06. The lowest BCUT2D eigenvalue weighted by molar-refractivity contribution is -0.122. The number of nitrogens with zero attached hydrogens (tertiary/aromatic N) is 2. The van der Waals surface area contributed by atoms with Crippen LogP contribution < -0.4 is 10.2 Å². The van der Waals surface area contributed by atoms with E-state index in [-0.39, 0.29) is 10.7 Å². The van der Waals surface area contributed by atoms with Gasteiger partial charge in [0.2, 0.25) is 0 Å². The molecule has 0 radical (unpaired) electrons. The van der Waals surface area contributed by atoms with Gasteiger partial charge in [-0.2, -0.15) is 0 Å². The second-order valence-electron chi connectivity index (χ2n) is 8.80. The Morgan fingerprint density at radius 3 is 2.32 bits per heavy atom. The molecule has 2 amide bonds. The van der Waals surface area contributed by atoms with Gasteiger partial charge in [0.15, 0.2) is 5.11 Å². The third kappa shape index (κ3) is 4.31. The minimum Gasteiger partial charge on any atom is -0.318 e. The van der Waals surface area contributed by atoms with Crippen molar-refractivity contribution in [1.29, 1.82) is 0 Å². The van der Waals surface area contributed by atoms with Gasteiger partial charge < -0.3 is 4.57 Å². The topological polar surface area (TPSA) is 54.3 Å². The molecule has 1 fully saturated rings. The van der Waals surface area contributed by atoms with E-state index in [0.29, 0.717) is 16.6 Å². The number of hydrogen-bond donors (Lipinski definition) is 1. The number of aryl methyl sites for hydroxylation is 2. The molecular weight excluding hydrogens is 466 g/mol. The summed E-state index contributed by atoms with van der Waals surface area (Å²) >= 11 is 11.6. The number of anilines is 1. The summed E-state index contributed by atoms with van der Waals surface area (Å²) in [5.74, 6) is -0.588. The predicted octanol–water partition coefficient (Wildman–Crippen LogP) is 6.01. The maximum absolute atomic E-state index is 13.4. The lowest BCUT2D eigenvalue weighted by Gasteiger charge is -2.29. The molecule has 2 aromatic carbocycles. The number of benzene rings is 2. The Hall–Kier alpha value is -3.22. The van der Waals surface area contributed by atoms with E-state index in [1.807, 2.05) is 69.3 Å². The summed E-state index contributed by atoms with van der Waals surface area (Å²) in [4.78, 5) is 27.6. The van der Waals surface area contributed by atoms with Crippen LogP contribution in [0.2, 0.25) is 5.02 Å². The molecule has 1 aliphatic rings. The zero-order valence-corrected chi connectivity index (χ0v) is 21.3. The fraction of sp³-hybridized carbons (Fsp3) is 0.222. The highest BCUT2D eigenvalue weighted by molar-refractivity contribution is 7.80. The zero-order chi connectivity index (χ0) is 24.7. The van der Waals surface area contributed by atoms with Gasteiger partial charge in [-0.05, 0) is 92.0 Å². The highest BCUT2D eigenvalue weighted by atomic mass is 35.5. The van der Waals surface area contributed by atoms with Crippen LogP contribution in [0.5, 0.6) is 0 Å². The summed E-state index contributed by atoms with van der Waals surface area (Å²) < 4.78 is 2.08. The minimum atomic E-state index is -0.506. The van der Waals surface area contributed by atoms with E-state index in [2.05, 4.69) is 23.7 Å². The van der Waals surface area contributed by atoms with E-state index >= 15 is 0 Å². The van der Waals surface area contributed by atoms with Gasteiger partial charge in [-0.15, -0.1) is 0 Å². The molecule has 7 heteroatoms. The van der Waals surface area contributed by atoms with Crippen LogP contribution in [0.4, 0.5) is 5.69 Å². The fourth-order valence-corrected chi connectivity index (χ4v) is 4.63. The van der Waals surface area contributed by atoms with Crippen LogP contribution in [0.1, 0.15) is 47.8 Å². The maximum Gasteiger partial charge on any atom is 0.270 e. The van der Waals surface area contributed by atoms with Gasteiger partial charge in [0.05, 0.1) is 5.69 Å². The maximum atomic E-state index is 13.4. The third-order valence-electron chi connectivity index (χ3n) is 6.10. The molecule has 1 N–H and O–H groups in total. The van der Waals surface area contributed by atoms with Crippen molar-refractivity contribution in [3.8, 4) is 5.69 Å². The predicted molar refractivity (Wildman–Crippen MR) is 142 cm³/mol. The second kappa shape index (κ2) is 9.20. The quantitative estimate of drug-likeness (QED) is 0.276. The number of halogens is 1. The summed E-state index contributed by atoms with van der Waals surface area (Å²) in [6.07, 6.45) is 1.63. The summed E-state index contributed by atoms with van der Waals surface area (Å²) in [7, 11) is 0. The highest BCUT2D eigenvalue weighted by Crippen LogP contribution is 2.29. The number of nitrogens with one attached hydrogen (secondary N) is 1. The van der Waals surface area contributed by atoms with Crippen molar-refractivity contribution in [3.05, 3.63) is 87.2 Å². The molecule has 1 aliphatic heterocycles. The SMILES string of the molecule is Cc1ccc(Cl)cc1-n1c(C)cc(/C=C2\C(=O)NC(=S)N(c3ccc(C(C)C)cc3)C2=O)c1C. The molecule has 0 atom stereocenters. The minimum absolute atomic E-state index is 0.0320. The van der Waals surface area contributed by atoms with E-state index < -0.39 is 11.8 Å². The van der Waals surface area contributed by atoms with Crippen LogP contribution in [0, 0.1) is 20.8 Å². The molecular formula is C27H26ClN3O2S. The standard InChI is InChI=1S/C27H26ClN3O2S/c1-15(2)19-7-10-22(11-8-19)31-26(33)23(25(32)29-27(31)34)13-20-12-17(4)30(18(20)5)24-14-21(28)9-6-16(24)3/h6-15H,1-5H3,(H,29,32,34)/b23-13+. The highest BCUT2D eigenvalue weighted by Gasteiger charge is 2.34. The van der Waals surface area contributed by atoms with Crippen LogP contribution in [0.15, 0.2) is 54.1 Å². The van der Waals surface area contributed by atoms with E-state index in [4.69, 9.17) is 23.8 Å². The van der Waals surface area contributed by atoms with E-state index in [0.717, 1.165) is 33.8 Å². The number of carbonyl (C=O) groups excluding carboxylic acids is 2. The second-order valence-corrected chi connectivity index (χ2v) is 9.62. The van der Waals surface area contributed by atoms with E-state index in [9.17, 15) is 9.59 Å². The number of hydrogen-bond acceptors (Lipinski definition) is 3. The van der Waals surface area contributed by atoms with Gasteiger partial charge in [-0.1, -0.05) is 43.6 Å². The molecule has 0 aliphatic carbocycles. The largest absolute Gasteiger partial charge is 0.318 e. The first kappa shape index (κ1) is 23.9. The number of aromatic nitrogens is 1. The van der Waals surface area contributed by atoms with Gasteiger partial charge in [-0.3, -0.25) is 19.8 Å². The Morgan fingerprint density at radius 1 is 1.00 bits per heavy atom. The molecule has 1 aromatic heterocycles. The van der Waals surface area contributed by atoms with Crippen molar-refractivity contribution in [1.82, 2.24) is 9.88 Å². The number of thiocarbonyl (C=S) groups is 1. The smallest absolute Gasteiger partial charge is 0.270 e. The summed E-state index contributed by atoms with van der Waals surface area (Å²) in [5, 5.41) is 3.37. The molecule has 3 aromatic rings. The van der Waals surface area contributed by atoms with Crippen molar-refractivity contribution in [2.24, 2.45) is 0 Å². The van der Waals surface area contributed by atoms with E-state index in [1.165, 1.54) is 4.90 Å². The summed E-state index contributed by atoms with van der Waals surface area (Å²) in [6, 6.07) is 15.3. The van der Waals surface area contributed by atoms with Crippen molar-refractivity contribution >= 4 is 52.5 Å². The Kier molecular flexibility index (Phi) is 6.47. The third-order valence-corrected chi connectivity index (χ3v) is 6.62. The molecule has 174 valence electrons. The lowest BCUT2D eigenvalue weighted by Crippen LogP contribution is -2.54. The number of rotatable bonds is 4. The summed E-state index contributed by atoms with van der Waals surface area (Å²) in [5.41, 5.74) is 6.47. The van der Waals surface area contributed by atoms with Gasteiger partial charge in [0.1, 0.15) is 5.57 Å². The normalized spacial score (nSPS) is 15.4. The first-order valence-corrected chi connectivity index (χ1v) is 11.8. The average molecular weight is 492 g/mol. The molecule has 2 heterocycles. The molecule has 5 nitrogen and oxygen atoms in total. The Balaban J connectivity index is 1.75. The molecule has 0 spiro atoms. The van der Waals surface area contributed by atoms with E-state index in [1.54, 1.807) is 6.08 Å². The van der Waals surface area contributed by atoms with Gasteiger partial charge in [0, 0.05) is 22.1 Å². The van der Waals surface area contributed by atoms with Gasteiger partial charge in [-0.25, -0.2) is 0 Å². The van der Waals surface area contributed by atoms with Crippen LogP contribution in [-0.2, 0) is 9.59 Å². The monoisotopic (exact) mass is 491 g/mol. The molecule has 4 rings (SSSR count). The Labute approximate surface area is 210 Å². The van der Waals surface area contributed by atoms with Crippen molar-refractivity contribution < 1.29 is 9.59 Å². The van der Waals surface area contributed by atoms with Crippen LogP contribution in [0.25, 0.3) is 11.8 Å². The molecule has 0 bridgehead atoms. The lowest BCUT2D eigenvalue weighted by atomic mass is 10.0. The van der Waals surface area contributed by atoms with Crippen LogP contribution >= 0.6 is 23.8 Å². The Bertz CT molecular complexity index is 1350. The number of carbonyl (C=O) groups is 2. The molecule has 1 saturated heterocycles. The van der Waals surface area contributed by atoms with Crippen LogP contribution in [-0.4, -0.2) is 21.5 Å². The summed E-state index contributed by atoms with van der Waals surface area (Å²) in [6.45, 7) is 10.2. The van der Waals surface area contributed by atoms with Crippen molar-refractivity contribution in [3.63, 3.8) is 0 Å². The van der Waals surface area contributed by atoms with Crippen LogP contribution in [0.3, 0.4) is 0 Å². The molecule has 34 heavy (non-hydrogen) atoms. The molecule has 0 saturated carbocycles. The molecule has 0 unspecified atom stereocenters. The van der Waals surface area contributed by atoms with Crippen molar-refractivity contribution in [2.75, 3.05) is 4.90 Å². The van der Waals surface area contributed by atoms with Gasteiger partial charge >= 0.3 is 0 Å².